The van der Waals surface area contributed by atoms with Gasteiger partial charge in [0, 0.05) is 0 Å². The fraction of sp³-hybridized carbons (Fsp3) is 0.200. The third-order valence-electron chi connectivity index (χ3n) is 3.38. The number of rotatable bonds is 3. The predicted molar refractivity (Wildman–Crippen MR) is 67.4 cm³/mol. The van der Waals surface area contributed by atoms with Crippen molar-refractivity contribution in [1.29, 1.82) is 0 Å². The standard InChI is InChI=1S/C15H15NO/c16-14(12-7-3-1-4-8-12)15(11-17-15)13-9-5-2-6-10-13/h1-10,14H,11,16H2/t14-,15?/m0/s1. The number of benzene rings is 2. The van der Waals surface area contributed by atoms with Gasteiger partial charge in [-0.2, -0.15) is 0 Å². The molecule has 0 bridgehead atoms. The van der Waals surface area contributed by atoms with Gasteiger partial charge in [-0.3, -0.25) is 0 Å². The molecular formula is C15H15NO. The SMILES string of the molecule is N[C@@H](c1ccccc1)C1(c2ccccc2)CO1. The minimum atomic E-state index is -0.317. The van der Waals surface area contributed by atoms with E-state index in [4.69, 9.17) is 10.5 Å². The molecule has 2 nitrogen and oxygen atoms in total. The van der Waals surface area contributed by atoms with Crippen molar-refractivity contribution in [3.05, 3.63) is 71.8 Å². The zero-order valence-corrected chi connectivity index (χ0v) is 9.54. The third kappa shape index (κ3) is 1.75. The number of nitrogens with two attached hydrogens (primary N) is 1. The second-order valence-electron chi connectivity index (χ2n) is 4.43. The molecule has 1 unspecified atom stereocenters. The number of epoxide rings is 1. The summed E-state index contributed by atoms with van der Waals surface area (Å²) in [4.78, 5) is 0. The van der Waals surface area contributed by atoms with Gasteiger partial charge in [0.15, 0.2) is 0 Å². The summed E-state index contributed by atoms with van der Waals surface area (Å²) in [6.45, 7) is 0.701. The summed E-state index contributed by atoms with van der Waals surface area (Å²) in [5.41, 5.74) is 8.31. The maximum absolute atomic E-state index is 6.34. The molecule has 2 N–H and O–H groups in total. The van der Waals surface area contributed by atoms with Crippen LogP contribution in [-0.4, -0.2) is 6.61 Å². The van der Waals surface area contributed by atoms with E-state index in [2.05, 4.69) is 24.3 Å². The van der Waals surface area contributed by atoms with E-state index in [1.807, 2.05) is 36.4 Å². The van der Waals surface area contributed by atoms with Gasteiger partial charge in [0.1, 0.15) is 5.60 Å². The van der Waals surface area contributed by atoms with E-state index in [-0.39, 0.29) is 11.6 Å². The molecule has 1 heterocycles. The maximum atomic E-state index is 6.34. The molecule has 0 amide bonds. The Hall–Kier alpha value is -1.64. The second kappa shape index (κ2) is 3.99. The van der Waals surface area contributed by atoms with Crippen LogP contribution in [0.25, 0.3) is 0 Å². The Kier molecular flexibility index (Phi) is 2.46. The molecule has 86 valence electrons. The Morgan fingerprint density at radius 1 is 0.941 bits per heavy atom. The summed E-state index contributed by atoms with van der Waals surface area (Å²) in [6.07, 6.45) is 0. The van der Waals surface area contributed by atoms with Crippen LogP contribution in [0, 0.1) is 0 Å². The summed E-state index contributed by atoms with van der Waals surface area (Å²) in [7, 11) is 0. The first-order valence-electron chi connectivity index (χ1n) is 5.83. The molecule has 1 fully saturated rings. The molecule has 0 radical (unpaired) electrons. The van der Waals surface area contributed by atoms with Crippen LogP contribution in [0.4, 0.5) is 0 Å². The van der Waals surface area contributed by atoms with Gasteiger partial charge < -0.3 is 10.5 Å². The quantitative estimate of drug-likeness (QED) is 0.815. The Morgan fingerprint density at radius 2 is 1.47 bits per heavy atom. The van der Waals surface area contributed by atoms with Crippen molar-refractivity contribution in [2.75, 3.05) is 6.61 Å². The Bertz CT molecular complexity index is 491. The van der Waals surface area contributed by atoms with E-state index < -0.39 is 0 Å². The highest BCUT2D eigenvalue weighted by molar-refractivity contribution is 5.34. The third-order valence-corrected chi connectivity index (χ3v) is 3.38. The molecule has 3 rings (SSSR count). The minimum absolute atomic E-state index is 0.105. The lowest BCUT2D eigenvalue weighted by Gasteiger charge is -2.21. The monoisotopic (exact) mass is 225 g/mol. The second-order valence-corrected chi connectivity index (χ2v) is 4.43. The first-order valence-corrected chi connectivity index (χ1v) is 5.83. The van der Waals surface area contributed by atoms with Crippen molar-refractivity contribution in [3.63, 3.8) is 0 Å². The van der Waals surface area contributed by atoms with Crippen LogP contribution in [0.3, 0.4) is 0 Å². The lowest BCUT2D eigenvalue weighted by atomic mass is 9.88. The topological polar surface area (TPSA) is 38.5 Å². The van der Waals surface area contributed by atoms with Gasteiger partial charge in [-0.25, -0.2) is 0 Å². The molecule has 1 aliphatic heterocycles. The first-order chi connectivity index (χ1) is 8.33. The summed E-state index contributed by atoms with van der Waals surface area (Å²) in [5.74, 6) is 0. The Balaban J connectivity index is 1.95. The van der Waals surface area contributed by atoms with Crippen molar-refractivity contribution in [3.8, 4) is 0 Å². The largest absolute Gasteiger partial charge is 0.362 e. The Labute approximate surface area is 101 Å². The van der Waals surface area contributed by atoms with E-state index in [1.54, 1.807) is 0 Å². The average molecular weight is 225 g/mol. The fourth-order valence-electron chi connectivity index (χ4n) is 2.25. The highest BCUT2D eigenvalue weighted by Gasteiger charge is 2.52. The van der Waals surface area contributed by atoms with Gasteiger partial charge in [-0.05, 0) is 11.1 Å². The molecule has 1 aliphatic rings. The van der Waals surface area contributed by atoms with E-state index >= 15 is 0 Å². The normalized spacial score (nSPS) is 24.3. The molecule has 0 saturated carbocycles. The summed E-state index contributed by atoms with van der Waals surface area (Å²) in [5, 5.41) is 0. The minimum Gasteiger partial charge on any atom is -0.362 e. The molecule has 17 heavy (non-hydrogen) atoms. The van der Waals surface area contributed by atoms with Gasteiger partial charge in [0.05, 0.1) is 12.6 Å². The van der Waals surface area contributed by atoms with Crippen LogP contribution in [-0.2, 0) is 10.3 Å². The van der Waals surface area contributed by atoms with Gasteiger partial charge in [0.2, 0.25) is 0 Å². The lowest BCUT2D eigenvalue weighted by molar-refractivity contribution is 0.267. The fourth-order valence-corrected chi connectivity index (χ4v) is 2.25. The first kappa shape index (κ1) is 10.5. The van der Waals surface area contributed by atoms with E-state index in [1.165, 1.54) is 0 Å². The lowest BCUT2D eigenvalue weighted by Crippen LogP contribution is -2.27. The van der Waals surface area contributed by atoms with Crippen LogP contribution < -0.4 is 5.73 Å². The molecule has 2 atom stereocenters. The van der Waals surface area contributed by atoms with Crippen LogP contribution in [0.1, 0.15) is 17.2 Å². The summed E-state index contributed by atoms with van der Waals surface area (Å²) in [6, 6.07) is 20.2. The average Bonchev–Trinajstić information content (AvgIpc) is 3.21. The van der Waals surface area contributed by atoms with Crippen LogP contribution >= 0.6 is 0 Å². The van der Waals surface area contributed by atoms with Gasteiger partial charge in [0.25, 0.3) is 0 Å². The summed E-state index contributed by atoms with van der Waals surface area (Å²) < 4.78 is 5.67. The van der Waals surface area contributed by atoms with E-state index in [0.717, 1.165) is 11.1 Å². The van der Waals surface area contributed by atoms with Crippen LogP contribution in [0.2, 0.25) is 0 Å². The maximum Gasteiger partial charge on any atom is 0.136 e. The molecule has 2 aromatic carbocycles. The van der Waals surface area contributed by atoms with Crippen molar-refractivity contribution in [2.45, 2.75) is 11.6 Å². The van der Waals surface area contributed by atoms with Crippen LogP contribution in [0.15, 0.2) is 60.7 Å². The number of ether oxygens (including phenoxy) is 1. The van der Waals surface area contributed by atoms with Crippen molar-refractivity contribution in [2.24, 2.45) is 5.73 Å². The number of hydrogen-bond donors (Lipinski definition) is 1. The smallest absolute Gasteiger partial charge is 0.136 e. The van der Waals surface area contributed by atoms with Gasteiger partial charge in [-0.15, -0.1) is 0 Å². The zero-order valence-electron chi connectivity index (χ0n) is 9.54. The zero-order chi connectivity index (χ0) is 11.7. The van der Waals surface area contributed by atoms with Crippen molar-refractivity contribution >= 4 is 0 Å². The van der Waals surface area contributed by atoms with Crippen molar-refractivity contribution < 1.29 is 4.74 Å². The highest BCUT2D eigenvalue weighted by Crippen LogP contribution is 2.47. The van der Waals surface area contributed by atoms with Gasteiger partial charge in [-0.1, -0.05) is 60.7 Å². The van der Waals surface area contributed by atoms with Crippen LogP contribution in [0.5, 0.6) is 0 Å². The molecular weight excluding hydrogens is 210 g/mol. The summed E-state index contributed by atoms with van der Waals surface area (Å²) >= 11 is 0. The van der Waals surface area contributed by atoms with Gasteiger partial charge >= 0.3 is 0 Å². The Morgan fingerprint density at radius 3 is 2.00 bits per heavy atom. The molecule has 1 saturated heterocycles. The van der Waals surface area contributed by atoms with E-state index in [9.17, 15) is 0 Å². The van der Waals surface area contributed by atoms with E-state index in [0.29, 0.717) is 6.61 Å². The molecule has 0 aromatic heterocycles. The van der Waals surface area contributed by atoms with Crippen molar-refractivity contribution in [1.82, 2.24) is 0 Å². The molecule has 2 heteroatoms. The molecule has 2 aromatic rings. The highest BCUT2D eigenvalue weighted by atomic mass is 16.6. The molecule has 0 spiro atoms. The molecule has 0 aliphatic carbocycles. The predicted octanol–water partition coefficient (Wildman–Crippen LogP) is 2.61. The number of hydrogen-bond acceptors (Lipinski definition) is 2.